The third-order valence-corrected chi connectivity index (χ3v) is 4.42. The van der Waals surface area contributed by atoms with Crippen LogP contribution >= 0.6 is 0 Å². The lowest BCUT2D eigenvalue weighted by Crippen LogP contribution is -2.20. The molecule has 5 heteroatoms. The van der Waals surface area contributed by atoms with Crippen LogP contribution < -0.4 is 9.47 Å². The van der Waals surface area contributed by atoms with Gasteiger partial charge in [0.1, 0.15) is 23.4 Å². The molecule has 0 saturated carbocycles. The van der Waals surface area contributed by atoms with Crippen LogP contribution in [0.5, 0.6) is 11.5 Å². The summed E-state index contributed by atoms with van der Waals surface area (Å²) in [4.78, 5) is 11.9. The summed E-state index contributed by atoms with van der Waals surface area (Å²) in [6.07, 6.45) is -0.0715. The maximum Gasteiger partial charge on any atom is 0.163 e. The lowest BCUT2D eigenvalue weighted by molar-refractivity contribution is -0.139. The smallest absolute Gasteiger partial charge is 0.163 e. The van der Waals surface area contributed by atoms with Gasteiger partial charge in [-0.15, -0.1) is 0 Å². The van der Waals surface area contributed by atoms with E-state index in [4.69, 9.17) is 18.9 Å². The molecule has 1 fully saturated rings. The van der Waals surface area contributed by atoms with Gasteiger partial charge in [0.2, 0.25) is 0 Å². The van der Waals surface area contributed by atoms with E-state index in [-0.39, 0.29) is 18.3 Å². The van der Waals surface area contributed by atoms with Gasteiger partial charge in [0.05, 0.1) is 20.8 Å². The fraction of sp³-hybridized carbons (Fsp3) is 0.450. The number of fused-ring (bicyclic) bond motifs is 1. The molecule has 0 bridgehead atoms. The molecular weight excluding hydrogens is 320 g/mol. The number of Topliss-reactive ketones (excluding diaryl/α,β-unsaturated/α-hetero) is 1. The summed E-state index contributed by atoms with van der Waals surface area (Å²) < 4.78 is 23.3. The Morgan fingerprint density at radius 3 is 2.24 bits per heavy atom. The van der Waals surface area contributed by atoms with Gasteiger partial charge in [0.25, 0.3) is 0 Å². The number of methoxy groups -OCH3 is 2. The molecule has 1 aliphatic heterocycles. The highest BCUT2D eigenvalue weighted by Crippen LogP contribution is 2.47. The van der Waals surface area contributed by atoms with Crippen molar-refractivity contribution < 1.29 is 23.7 Å². The van der Waals surface area contributed by atoms with Crippen molar-refractivity contribution in [1.82, 2.24) is 0 Å². The minimum atomic E-state index is -0.679. The molecule has 0 unspecified atom stereocenters. The molecule has 2 aromatic rings. The Morgan fingerprint density at radius 2 is 1.76 bits per heavy atom. The SMILES string of the molecule is COc1c(CC(C)=O)c([C@H]2COC(C)(C)O2)c(OC)c2ccccc12. The van der Waals surface area contributed by atoms with E-state index in [9.17, 15) is 4.79 Å². The standard InChI is InChI=1S/C20H24O5/c1-12(21)10-15-17(16-11-24-20(2,3)25-16)19(23-5)14-9-7-6-8-13(14)18(15)22-4/h6-9,16H,10-11H2,1-5H3/t16-/m1/s1. The van der Waals surface area contributed by atoms with Gasteiger partial charge in [-0.3, -0.25) is 4.79 Å². The highest BCUT2D eigenvalue weighted by Gasteiger charge is 2.38. The lowest BCUT2D eigenvalue weighted by atomic mass is 9.91. The van der Waals surface area contributed by atoms with Gasteiger partial charge in [0, 0.05) is 28.3 Å². The van der Waals surface area contributed by atoms with Crippen LogP contribution in [0.15, 0.2) is 24.3 Å². The summed E-state index contributed by atoms with van der Waals surface area (Å²) in [5.41, 5.74) is 1.63. The van der Waals surface area contributed by atoms with E-state index < -0.39 is 5.79 Å². The molecule has 1 saturated heterocycles. The molecule has 2 aromatic carbocycles. The van der Waals surface area contributed by atoms with Crippen LogP contribution in [0.2, 0.25) is 0 Å². The van der Waals surface area contributed by atoms with Gasteiger partial charge in [0.15, 0.2) is 5.79 Å². The second kappa shape index (κ2) is 6.65. The van der Waals surface area contributed by atoms with Crippen molar-refractivity contribution in [2.75, 3.05) is 20.8 Å². The highest BCUT2D eigenvalue weighted by molar-refractivity contribution is 5.97. The van der Waals surface area contributed by atoms with E-state index in [1.807, 2.05) is 38.1 Å². The molecule has 3 rings (SSSR count). The zero-order valence-corrected chi connectivity index (χ0v) is 15.3. The van der Waals surface area contributed by atoms with Crippen LogP contribution in [0.4, 0.5) is 0 Å². The van der Waals surface area contributed by atoms with Gasteiger partial charge in [-0.1, -0.05) is 24.3 Å². The summed E-state index contributed by atoms with van der Waals surface area (Å²) in [5.74, 6) is 0.770. The van der Waals surface area contributed by atoms with Crippen LogP contribution in [0.3, 0.4) is 0 Å². The van der Waals surface area contributed by atoms with Crippen LogP contribution in [0, 0.1) is 0 Å². The number of hydrogen-bond acceptors (Lipinski definition) is 5. The van der Waals surface area contributed by atoms with E-state index in [1.54, 1.807) is 21.1 Å². The Morgan fingerprint density at radius 1 is 1.16 bits per heavy atom. The van der Waals surface area contributed by atoms with Crippen molar-refractivity contribution in [1.29, 1.82) is 0 Å². The molecule has 1 aliphatic rings. The van der Waals surface area contributed by atoms with Crippen molar-refractivity contribution in [3.8, 4) is 11.5 Å². The number of ketones is 1. The minimum absolute atomic E-state index is 0.0510. The normalized spacial score (nSPS) is 19.2. The van der Waals surface area contributed by atoms with Crippen molar-refractivity contribution in [2.45, 2.75) is 39.1 Å². The predicted molar refractivity (Wildman–Crippen MR) is 95.3 cm³/mol. The Kier molecular flexibility index (Phi) is 4.71. The Hall–Kier alpha value is -2.11. The second-order valence-electron chi connectivity index (χ2n) is 6.70. The lowest BCUT2D eigenvalue weighted by Gasteiger charge is -2.24. The summed E-state index contributed by atoms with van der Waals surface area (Å²) in [5, 5.41) is 1.84. The number of ether oxygens (including phenoxy) is 4. The van der Waals surface area contributed by atoms with E-state index in [0.29, 0.717) is 18.1 Å². The summed E-state index contributed by atoms with van der Waals surface area (Å²) in [6, 6.07) is 7.85. The monoisotopic (exact) mass is 344 g/mol. The average molecular weight is 344 g/mol. The molecule has 25 heavy (non-hydrogen) atoms. The van der Waals surface area contributed by atoms with Gasteiger partial charge < -0.3 is 18.9 Å². The summed E-state index contributed by atoms with van der Waals surface area (Å²) in [6.45, 7) is 5.72. The average Bonchev–Trinajstić information content (AvgIpc) is 2.92. The molecule has 0 radical (unpaired) electrons. The van der Waals surface area contributed by atoms with Crippen molar-refractivity contribution in [2.24, 2.45) is 0 Å². The number of benzene rings is 2. The molecule has 134 valence electrons. The Bertz CT molecular complexity index is 809. The largest absolute Gasteiger partial charge is 0.496 e. The minimum Gasteiger partial charge on any atom is -0.496 e. The molecule has 0 amide bonds. The highest BCUT2D eigenvalue weighted by atomic mass is 16.7. The molecule has 1 atom stereocenters. The first-order valence-corrected chi connectivity index (χ1v) is 8.34. The quantitative estimate of drug-likeness (QED) is 0.825. The molecule has 1 heterocycles. The fourth-order valence-corrected chi connectivity index (χ4v) is 3.49. The van der Waals surface area contributed by atoms with Gasteiger partial charge in [-0.05, 0) is 20.8 Å². The van der Waals surface area contributed by atoms with Crippen LogP contribution in [0.1, 0.15) is 38.0 Å². The first-order valence-electron chi connectivity index (χ1n) is 8.34. The molecule has 5 nitrogen and oxygen atoms in total. The Balaban J connectivity index is 2.33. The maximum atomic E-state index is 11.9. The van der Waals surface area contributed by atoms with E-state index in [2.05, 4.69) is 0 Å². The first-order chi connectivity index (χ1) is 11.9. The fourth-order valence-electron chi connectivity index (χ4n) is 3.49. The van der Waals surface area contributed by atoms with Crippen LogP contribution in [-0.4, -0.2) is 32.4 Å². The van der Waals surface area contributed by atoms with Crippen molar-refractivity contribution >= 4 is 16.6 Å². The van der Waals surface area contributed by atoms with Gasteiger partial charge >= 0.3 is 0 Å². The summed E-state index contributed by atoms with van der Waals surface area (Å²) in [7, 11) is 3.26. The van der Waals surface area contributed by atoms with E-state index in [1.165, 1.54) is 0 Å². The molecular formula is C20H24O5. The van der Waals surface area contributed by atoms with Crippen molar-refractivity contribution in [3.63, 3.8) is 0 Å². The number of carbonyl (C=O) groups is 1. The molecule has 0 spiro atoms. The maximum absolute atomic E-state index is 11.9. The third kappa shape index (κ3) is 3.22. The second-order valence-corrected chi connectivity index (χ2v) is 6.70. The number of carbonyl (C=O) groups excluding carboxylic acids is 1. The van der Waals surface area contributed by atoms with Gasteiger partial charge in [-0.2, -0.15) is 0 Å². The zero-order chi connectivity index (χ0) is 18.2. The van der Waals surface area contributed by atoms with Crippen LogP contribution in [0.25, 0.3) is 10.8 Å². The van der Waals surface area contributed by atoms with E-state index in [0.717, 1.165) is 21.9 Å². The van der Waals surface area contributed by atoms with Gasteiger partial charge in [-0.25, -0.2) is 0 Å². The zero-order valence-electron chi connectivity index (χ0n) is 15.3. The Labute approximate surface area is 147 Å². The molecule has 0 aromatic heterocycles. The molecule has 0 N–H and O–H groups in total. The summed E-state index contributed by atoms with van der Waals surface area (Å²) >= 11 is 0. The topological polar surface area (TPSA) is 54.0 Å². The molecule has 0 aliphatic carbocycles. The van der Waals surface area contributed by atoms with E-state index >= 15 is 0 Å². The number of rotatable bonds is 5. The third-order valence-electron chi connectivity index (χ3n) is 4.42. The van der Waals surface area contributed by atoms with Crippen molar-refractivity contribution in [3.05, 3.63) is 35.4 Å². The van der Waals surface area contributed by atoms with Crippen LogP contribution in [-0.2, 0) is 20.7 Å². The number of hydrogen-bond donors (Lipinski definition) is 0. The first kappa shape index (κ1) is 17.7. The predicted octanol–water partition coefficient (Wildman–Crippen LogP) is 3.81.